The molecule has 0 saturated heterocycles. The van der Waals surface area contributed by atoms with Gasteiger partial charge in [0, 0.05) is 41.6 Å². The summed E-state index contributed by atoms with van der Waals surface area (Å²) in [5.41, 5.74) is 9.11. The van der Waals surface area contributed by atoms with Crippen LogP contribution in [-0.2, 0) is 18.4 Å². The quantitative estimate of drug-likeness (QED) is 0.368. The second-order valence-electron chi connectivity index (χ2n) is 7.78. The number of hydrogen-bond acceptors (Lipinski definition) is 7. The summed E-state index contributed by atoms with van der Waals surface area (Å²) in [6.45, 7) is 1.48. The fourth-order valence-electron chi connectivity index (χ4n) is 4.19. The minimum Gasteiger partial charge on any atom is -0.326 e. The van der Waals surface area contributed by atoms with Crippen LogP contribution >= 0.6 is 11.3 Å². The van der Waals surface area contributed by atoms with E-state index in [1.807, 2.05) is 37.4 Å². The molecule has 4 N–H and O–H groups in total. The lowest BCUT2D eigenvalue weighted by molar-refractivity contribution is -0.114. The van der Waals surface area contributed by atoms with Gasteiger partial charge in [-0.1, -0.05) is 18.2 Å². The number of carbonyl (C=O) groups excluding carboxylic acids is 1. The van der Waals surface area contributed by atoms with E-state index in [0.717, 1.165) is 26.2 Å². The van der Waals surface area contributed by atoms with Gasteiger partial charge in [0.15, 0.2) is 0 Å². The number of anilines is 1. The van der Waals surface area contributed by atoms with Gasteiger partial charge in [-0.3, -0.25) is 14.3 Å². The van der Waals surface area contributed by atoms with E-state index >= 15 is 0 Å². The summed E-state index contributed by atoms with van der Waals surface area (Å²) in [7, 11) is 1.82. The van der Waals surface area contributed by atoms with E-state index in [-0.39, 0.29) is 12.5 Å². The molecule has 3 heterocycles. The van der Waals surface area contributed by atoms with Crippen LogP contribution in [0.25, 0.3) is 42.6 Å². The number of amides is 1. The Hall–Kier alpha value is -4.33. The number of H-pyrrole nitrogens is 1. The number of aromatic nitrogens is 4. The van der Waals surface area contributed by atoms with Gasteiger partial charge >= 0.3 is 0 Å². The predicted molar refractivity (Wildman–Crippen MR) is 132 cm³/mol. The molecule has 0 spiro atoms. The molecule has 3 aromatic heterocycles. The minimum absolute atomic E-state index is 0.102. The number of benzene rings is 2. The third kappa shape index (κ3) is 3.35. The predicted octanol–water partition coefficient (Wildman–Crippen LogP) is 3.49. The Kier molecular flexibility index (Phi) is 5.20. The van der Waals surface area contributed by atoms with Crippen molar-refractivity contribution >= 4 is 43.8 Å². The summed E-state index contributed by atoms with van der Waals surface area (Å²) in [6.07, 6.45) is 1.71. The molecule has 2 aromatic carbocycles. The van der Waals surface area contributed by atoms with E-state index in [9.17, 15) is 14.9 Å². The van der Waals surface area contributed by atoms with Gasteiger partial charge in [0.1, 0.15) is 6.07 Å². The van der Waals surface area contributed by atoms with Crippen molar-refractivity contribution < 1.29 is 4.79 Å². The van der Waals surface area contributed by atoms with Crippen molar-refractivity contribution in [3.63, 3.8) is 0 Å². The zero-order chi connectivity index (χ0) is 24.0. The third-order valence-corrected chi connectivity index (χ3v) is 6.82. The van der Waals surface area contributed by atoms with Crippen LogP contribution in [0.1, 0.15) is 18.2 Å². The molecule has 5 aromatic rings. The molecule has 0 atom stereocenters. The number of aromatic amines is 1. The number of nitrogens with zero attached hydrogens (tertiary/aromatic N) is 4. The standard InChI is InChI=1S/C24H19N7O2S/c1-12(32)28-18-8-13(7-15-19(10-26)29-30-24(33)21(15)18)17-11-27-31(2)22(17)23-16(9-25)14-5-3-4-6-20(14)34-23/h3-8,11H,10,26H2,1-2H3,(H,28,32)(H,30,33). The van der Waals surface area contributed by atoms with Gasteiger partial charge in [0.25, 0.3) is 5.56 Å². The molecule has 34 heavy (non-hydrogen) atoms. The SMILES string of the molecule is CC(=O)Nc1cc(-c2cnn(C)c2-c2sc3ccccc3c2C#N)cc2c(CN)n[nH]c(=O)c12. The number of fused-ring (bicyclic) bond motifs is 2. The normalized spacial score (nSPS) is 11.1. The maximum Gasteiger partial charge on any atom is 0.274 e. The Bertz CT molecular complexity index is 1700. The average molecular weight is 470 g/mol. The molecule has 0 unspecified atom stereocenters. The van der Waals surface area contributed by atoms with Crippen LogP contribution in [0.5, 0.6) is 0 Å². The fourth-order valence-corrected chi connectivity index (χ4v) is 5.43. The first-order chi connectivity index (χ1) is 16.4. The highest BCUT2D eigenvalue weighted by Gasteiger charge is 2.22. The maximum atomic E-state index is 12.6. The van der Waals surface area contributed by atoms with Crippen LogP contribution < -0.4 is 16.6 Å². The van der Waals surface area contributed by atoms with Crippen LogP contribution in [0, 0.1) is 11.3 Å². The zero-order valence-electron chi connectivity index (χ0n) is 18.3. The Morgan fingerprint density at radius 1 is 1.29 bits per heavy atom. The highest BCUT2D eigenvalue weighted by atomic mass is 32.1. The first kappa shape index (κ1) is 21.5. The molecule has 0 radical (unpaired) electrons. The first-order valence-corrected chi connectivity index (χ1v) is 11.2. The first-order valence-electron chi connectivity index (χ1n) is 10.4. The van der Waals surface area contributed by atoms with Gasteiger partial charge in [-0.15, -0.1) is 11.3 Å². The van der Waals surface area contributed by atoms with Crippen molar-refractivity contribution in [2.75, 3.05) is 5.32 Å². The van der Waals surface area contributed by atoms with Gasteiger partial charge in [-0.2, -0.15) is 15.5 Å². The zero-order valence-corrected chi connectivity index (χ0v) is 19.2. The number of nitrogens with one attached hydrogen (secondary N) is 2. The number of nitriles is 1. The van der Waals surface area contributed by atoms with Crippen molar-refractivity contribution in [1.29, 1.82) is 5.26 Å². The second-order valence-corrected chi connectivity index (χ2v) is 8.83. The number of carbonyl (C=O) groups is 1. The summed E-state index contributed by atoms with van der Waals surface area (Å²) in [5.74, 6) is -0.313. The van der Waals surface area contributed by atoms with Gasteiger partial charge in [0.05, 0.1) is 39.1 Å². The molecular formula is C24H19N7O2S. The monoisotopic (exact) mass is 469 g/mol. The Labute approximate surface area is 197 Å². The molecule has 0 aliphatic rings. The number of thiophene rings is 1. The summed E-state index contributed by atoms with van der Waals surface area (Å²) >= 11 is 1.52. The largest absolute Gasteiger partial charge is 0.326 e. The van der Waals surface area contributed by atoms with E-state index in [2.05, 4.69) is 26.7 Å². The molecule has 9 nitrogen and oxygen atoms in total. The average Bonchev–Trinajstić information content (AvgIpc) is 3.38. The lowest BCUT2D eigenvalue weighted by Crippen LogP contribution is -2.16. The maximum absolute atomic E-state index is 12.6. The van der Waals surface area contributed by atoms with Crippen LogP contribution in [0.15, 0.2) is 47.4 Å². The molecular weight excluding hydrogens is 450 g/mol. The molecule has 0 saturated carbocycles. The molecule has 5 rings (SSSR count). The van der Waals surface area contributed by atoms with Crippen molar-refractivity contribution in [3.8, 4) is 27.8 Å². The van der Waals surface area contributed by atoms with Gasteiger partial charge in [0.2, 0.25) is 5.91 Å². The molecule has 1 amide bonds. The molecule has 168 valence electrons. The van der Waals surface area contributed by atoms with E-state index < -0.39 is 5.56 Å². The Morgan fingerprint density at radius 2 is 2.09 bits per heavy atom. The van der Waals surface area contributed by atoms with E-state index in [4.69, 9.17) is 5.73 Å². The van der Waals surface area contributed by atoms with Gasteiger partial charge in [-0.05, 0) is 23.8 Å². The van der Waals surface area contributed by atoms with E-state index in [1.165, 1.54) is 18.3 Å². The topological polar surface area (TPSA) is 142 Å². The van der Waals surface area contributed by atoms with Crippen LogP contribution in [0.3, 0.4) is 0 Å². The third-order valence-electron chi connectivity index (χ3n) is 5.64. The molecule has 0 aliphatic heterocycles. The highest BCUT2D eigenvalue weighted by molar-refractivity contribution is 7.22. The lowest BCUT2D eigenvalue weighted by atomic mass is 9.98. The Morgan fingerprint density at radius 3 is 2.82 bits per heavy atom. The molecule has 0 bridgehead atoms. The van der Waals surface area contributed by atoms with Gasteiger partial charge < -0.3 is 11.1 Å². The van der Waals surface area contributed by atoms with Crippen LogP contribution in [0.2, 0.25) is 0 Å². The number of nitrogens with two attached hydrogens (primary N) is 1. The fraction of sp³-hybridized carbons (Fsp3) is 0.125. The van der Waals surface area contributed by atoms with E-state index in [1.54, 1.807) is 16.9 Å². The van der Waals surface area contributed by atoms with Crippen molar-refractivity contribution in [2.24, 2.45) is 12.8 Å². The second kappa shape index (κ2) is 8.22. The summed E-state index contributed by atoms with van der Waals surface area (Å²) in [5, 5.41) is 25.4. The molecule has 10 heteroatoms. The number of hydrogen-bond donors (Lipinski definition) is 3. The number of aryl methyl sites for hydroxylation is 1. The van der Waals surface area contributed by atoms with Crippen molar-refractivity contribution in [1.82, 2.24) is 20.0 Å². The summed E-state index contributed by atoms with van der Waals surface area (Å²) in [6, 6.07) is 13.7. The van der Waals surface area contributed by atoms with Crippen molar-refractivity contribution in [3.05, 3.63) is 64.2 Å². The minimum atomic E-state index is -0.426. The van der Waals surface area contributed by atoms with Crippen LogP contribution in [0.4, 0.5) is 5.69 Å². The van der Waals surface area contributed by atoms with Crippen LogP contribution in [-0.4, -0.2) is 25.9 Å². The summed E-state index contributed by atoms with van der Waals surface area (Å²) in [4.78, 5) is 25.3. The molecule has 0 fully saturated rings. The van der Waals surface area contributed by atoms with Gasteiger partial charge in [-0.25, -0.2) is 5.10 Å². The van der Waals surface area contributed by atoms with E-state index in [0.29, 0.717) is 33.3 Å². The highest BCUT2D eigenvalue weighted by Crippen LogP contribution is 2.43. The molecule has 0 aliphatic carbocycles. The lowest BCUT2D eigenvalue weighted by Gasteiger charge is -2.12. The van der Waals surface area contributed by atoms with Crippen molar-refractivity contribution in [2.45, 2.75) is 13.5 Å². The summed E-state index contributed by atoms with van der Waals surface area (Å²) < 4.78 is 2.73. The Balaban J connectivity index is 1.83. The smallest absolute Gasteiger partial charge is 0.274 e. The number of rotatable bonds is 4.